The van der Waals surface area contributed by atoms with Crippen LogP contribution in [-0.2, 0) is 10.2 Å². The summed E-state index contributed by atoms with van der Waals surface area (Å²) in [5, 5.41) is 5.97. The number of hydrogen-bond acceptors (Lipinski definition) is 4. The predicted octanol–water partition coefficient (Wildman–Crippen LogP) is 3.90. The van der Waals surface area contributed by atoms with Crippen LogP contribution in [0.2, 0.25) is 0 Å². The van der Waals surface area contributed by atoms with Gasteiger partial charge in [0, 0.05) is 18.8 Å². The van der Waals surface area contributed by atoms with Crippen LogP contribution in [0.4, 0.5) is 14.5 Å². The number of aromatic nitrogens is 1. The first-order chi connectivity index (χ1) is 13.2. The first-order valence-corrected chi connectivity index (χ1v) is 9.29. The van der Waals surface area contributed by atoms with Gasteiger partial charge in [0.15, 0.2) is 0 Å². The molecule has 5 nitrogen and oxygen atoms in total. The standard InChI is InChI=1S/C21H25F2N3O2/c1-12(2)15-7-5-6-13(3)17(15)21(10-24-11-21)19(27)26-16-9-8-14(4)25-18(16)28-20(22)23/h5-9,12,20,24H,10-11H2,1-4H3,(H,26,27). The van der Waals surface area contributed by atoms with Crippen molar-refractivity contribution in [3.05, 3.63) is 52.7 Å². The maximum absolute atomic E-state index is 13.3. The Balaban J connectivity index is 1.99. The van der Waals surface area contributed by atoms with Crippen molar-refractivity contribution in [2.45, 2.75) is 45.6 Å². The fourth-order valence-electron chi connectivity index (χ4n) is 3.70. The fraction of sp³-hybridized carbons (Fsp3) is 0.429. The smallest absolute Gasteiger partial charge is 0.388 e. The monoisotopic (exact) mass is 389 g/mol. The lowest BCUT2D eigenvalue weighted by Gasteiger charge is -2.44. The molecule has 150 valence electrons. The zero-order chi connectivity index (χ0) is 20.5. The number of halogens is 2. The molecule has 1 amide bonds. The number of carbonyl (C=O) groups excluding carboxylic acids is 1. The molecule has 2 heterocycles. The van der Waals surface area contributed by atoms with E-state index in [2.05, 4.69) is 34.2 Å². The number of benzene rings is 1. The van der Waals surface area contributed by atoms with Gasteiger partial charge in [-0.25, -0.2) is 4.98 Å². The number of nitrogens with zero attached hydrogens (tertiary/aromatic N) is 1. The van der Waals surface area contributed by atoms with Crippen molar-refractivity contribution < 1.29 is 18.3 Å². The lowest BCUT2D eigenvalue weighted by Crippen LogP contribution is -2.63. The Kier molecular flexibility index (Phi) is 5.65. The SMILES string of the molecule is Cc1ccc(NC(=O)C2(c3c(C)cccc3C(C)C)CNC2)c(OC(F)F)n1. The zero-order valence-electron chi connectivity index (χ0n) is 16.5. The first kappa shape index (κ1) is 20.2. The molecular formula is C21H25F2N3O2. The number of nitrogens with one attached hydrogen (secondary N) is 2. The summed E-state index contributed by atoms with van der Waals surface area (Å²) < 4.78 is 30.0. The summed E-state index contributed by atoms with van der Waals surface area (Å²) >= 11 is 0. The average Bonchev–Trinajstić information content (AvgIpc) is 2.57. The highest BCUT2D eigenvalue weighted by atomic mass is 19.3. The predicted molar refractivity (Wildman–Crippen MR) is 104 cm³/mol. The quantitative estimate of drug-likeness (QED) is 0.787. The van der Waals surface area contributed by atoms with Crippen molar-refractivity contribution in [3.8, 4) is 5.88 Å². The molecule has 1 fully saturated rings. The van der Waals surface area contributed by atoms with Gasteiger partial charge in [0.2, 0.25) is 11.8 Å². The normalized spacial score (nSPS) is 15.4. The minimum absolute atomic E-state index is 0.141. The van der Waals surface area contributed by atoms with Crippen LogP contribution in [-0.4, -0.2) is 30.6 Å². The van der Waals surface area contributed by atoms with Crippen molar-refractivity contribution in [3.63, 3.8) is 0 Å². The van der Waals surface area contributed by atoms with E-state index in [0.717, 1.165) is 16.7 Å². The molecule has 0 spiro atoms. The molecule has 1 aromatic heterocycles. The van der Waals surface area contributed by atoms with Crippen molar-refractivity contribution >= 4 is 11.6 Å². The number of hydrogen-bond donors (Lipinski definition) is 2. The molecule has 2 aromatic rings. The van der Waals surface area contributed by atoms with Gasteiger partial charge in [-0.15, -0.1) is 0 Å². The minimum atomic E-state index is -3.02. The number of rotatable bonds is 6. The van der Waals surface area contributed by atoms with Gasteiger partial charge in [0.25, 0.3) is 0 Å². The second kappa shape index (κ2) is 7.83. The van der Waals surface area contributed by atoms with Crippen LogP contribution in [0.25, 0.3) is 0 Å². The Bertz CT molecular complexity index is 880. The van der Waals surface area contributed by atoms with Gasteiger partial charge in [-0.2, -0.15) is 8.78 Å². The second-order valence-electron chi connectivity index (χ2n) is 7.52. The maximum Gasteiger partial charge on any atom is 0.388 e. The summed E-state index contributed by atoms with van der Waals surface area (Å²) in [6.45, 7) is 5.79. The largest absolute Gasteiger partial charge is 0.415 e. The van der Waals surface area contributed by atoms with Crippen LogP contribution < -0.4 is 15.4 Å². The van der Waals surface area contributed by atoms with Crippen molar-refractivity contribution in [2.75, 3.05) is 18.4 Å². The van der Waals surface area contributed by atoms with Crippen molar-refractivity contribution in [2.24, 2.45) is 0 Å². The third-order valence-corrected chi connectivity index (χ3v) is 5.14. The average molecular weight is 389 g/mol. The highest BCUT2D eigenvalue weighted by molar-refractivity contribution is 6.01. The van der Waals surface area contributed by atoms with E-state index in [-0.39, 0.29) is 23.4 Å². The van der Waals surface area contributed by atoms with Gasteiger partial charge >= 0.3 is 6.61 Å². The number of aryl methyl sites for hydroxylation is 2. The maximum atomic E-state index is 13.3. The molecular weight excluding hydrogens is 364 g/mol. The molecule has 28 heavy (non-hydrogen) atoms. The molecule has 1 aliphatic rings. The van der Waals surface area contributed by atoms with E-state index in [4.69, 9.17) is 0 Å². The number of pyridine rings is 1. The second-order valence-corrected chi connectivity index (χ2v) is 7.52. The molecule has 0 saturated carbocycles. The van der Waals surface area contributed by atoms with Crippen LogP contribution in [0.3, 0.4) is 0 Å². The fourth-order valence-corrected chi connectivity index (χ4v) is 3.70. The summed E-state index contributed by atoms with van der Waals surface area (Å²) in [5.41, 5.74) is 3.05. The molecule has 3 rings (SSSR count). The molecule has 0 aliphatic carbocycles. The van der Waals surface area contributed by atoms with Gasteiger partial charge < -0.3 is 15.4 Å². The number of alkyl halides is 2. The number of ether oxygens (including phenoxy) is 1. The Morgan fingerprint density at radius 2 is 1.93 bits per heavy atom. The van der Waals surface area contributed by atoms with Gasteiger partial charge in [0.1, 0.15) is 5.69 Å². The summed E-state index contributed by atoms with van der Waals surface area (Å²) in [7, 11) is 0. The van der Waals surface area contributed by atoms with Crippen molar-refractivity contribution in [1.29, 1.82) is 0 Å². The number of carbonyl (C=O) groups is 1. The highest BCUT2D eigenvalue weighted by Gasteiger charge is 2.48. The molecule has 2 N–H and O–H groups in total. The molecule has 0 bridgehead atoms. The summed E-state index contributed by atoms with van der Waals surface area (Å²) in [4.78, 5) is 17.3. The lowest BCUT2D eigenvalue weighted by atomic mass is 9.69. The molecule has 7 heteroatoms. The van der Waals surface area contributed by atoms with Crippen LogP contribution in [0.5, 0.6) is 5.88 Å². The Labute approximate surface area is 163 Å². The van der Waals surface area contributed by atoms with Gasteiger partial charge in [0.05, 0.1) is 5.41 Å². The molecule has 0 radical (unpaired) electrons. The Hall–Kier alpha value is -2.54. The first-order valence-electron chi connectivity index (χ1n) is 9.29. The Morgan fingerprint density at radius 3 is 2.50 bits per heavy atom. The van der Waals surface area contributed by atoms with E-state index in [0.29, 0.717) is 18.8 Å². The number of anilines is 1. The van der Waals surface area contributed by atoms with Crippen LogP contribution in [0, 0.1) is 13.8 Å². The van der Waals surface area contributed by atoms with E-state index in [1.807, 2.05) is 25.1 Å². The molecule has 0 unspecified atom stereocenters. The topological polar surface area (TPSA) is 63.2 Å². The summed E-state index contributed by atoms with van der Waals surface area (Å²) in [6.07, 6.45) is 0. The van der Waals surface area contributed by atoms with Crippen LogP contribution in [0.1, 0.15) is 42.1 Å². The van der Waals surface area contributed by atoms with E-state index in [1.165, 1.54) is 0 Å². The van der Waals surface area contributed by atoms with E-state index in [9.17, 15) is 13.6 Å². The van der Waals surface area contributed by atoms with Gasteiger partial charge in [-0.3, -0.25) is 4.79 Å². The third-order valence-electron chi connectivity index (χ3n) is 5.14. The van der Waals surface area contributed by atoms with E-state index in [1.54, 1.807) is 19.1 Å². The summed E-state index contributed by atoms with van der Waals surface area (Å²) in [6, 6.07) is 9.21. The zero-order valence-corrected chi connectivity index (χ0v) is 16.5. The van der Waals surface area contributed by atoms with Gasteiger partial charge in [-0.1, -0.05) is 32.0 Å². The number of amides is 1. The minimum Gasteiger partial charge on any atom is -0.415 e. The molecule has 1 aromatic carbocycles. The third kappa shape index (κ3) is 3.71. The van der Waals surface area contributed by atoms with Gasteiger partial charge in [-0.05, 0) is 48.6 Å². The van der Waals surface area contributed by atoms with Crippen LogP contribution in [0.15, 0.2) is 30.3 Å². The summed E-state index contributed by atoms with van der Waals surface area (Å²) in [5.74, 6) is -0.286. The molecule has 1 aliphatic heterocycles. The Morgan fingerprint density at radius 1 is 1.21 bits per heavy atom. The van der Waals surface area contributed by atoms with Crippen molar-refractivity contribution in [1.82, 2.24) is 10.3 Å². The lowest BCUT2D eigenvalue weighted by molar-refractivity contribution is -0.123. The highest BCUT2D eigenvalue weighted by Crippen LogP contribution is 2.38. The van der Waals surface area contributed by atoms with E-state index < -0.39 is 12.0 Å². The van der Waals surface area contributed by atoms with E-state index >= 15 is 0 Å². The molecule has 1 saturated heterocycles. The van der Waals surface area contributed by atoms with Crippen LogP contribution >= 0.6 is 0 Å². The molecule has 0 atom stereocenters.